The van der Waals surface area contributed by atoms with Crippen molar-refractivity contribution in [1.82, 2.24) is 10.6 Å². The first-order valence-corrected chi connectivity index (χ1v) is 11.5. The summed E-state index contributed by atoms with van der Waals surface area (Å²) in [6.45, 7) is 1.85. The van der Waals surface area contributed by atoms with Gasteiger partial charge in [-0.1, -0.05) is 6.07 Å². The number of hydrogen-bond acceptors (Lipinski definition) is 6. The average molecular weight is 510 g/mol. The molecule has 0 saturated heterocycles. The molecule has 1 aromatic rings. The Bertz CT molecular complexity index is 986. The highest BCUT2D eigenvalue weighted by atomic mass is 19.2. The molecule has 198 valence electrons. The molecule has 8 N–H and O–H groups in total. The first-order chi connectivity index (χ1) is 16.9. The molecule has 0 aliphatic carbocycles. The lowest BCUT2D eigenvalue weighted by Crippen LogP contribution is -2.44. The highest BCUT2D eigenvalue weighted by Crippen LogP contribution is 2.14. The van der Waals surface area contributed by atoms with Crippen LogP contribution in [-0.2, 0) is 24.0 Å². The highest BCUT2D eigenvalue weighted by Gasteiger charge is 2.25. The van der Waals surface area contributed by atoms with Crippen LogP contribution in [0.15, 0.2) is 24.3 Å². The van der Waals surface area contributed by atoms with Crippen LogP contribution in [0.5, 0.6) is 0 Å². The molecule has 0 spiro atoms. The number of nitrogens with one attached hydrogen (secondary N) is 2. The highest BCUT2D eigenvalue weighted by molar-refractivity contribution is 5.97. The molecule has 1 rings (SSSR count). The van der Waals surface area contributed by atoms with Gasteiger partial charge in [-0.3, -0.25) is 24.0 Å². The van der Waals surface area contributed by atoms with E-state index in [2.05, 4.69) is 10.6 Å². The number of carbonyl (C=O) groups is 5. The zero-order valence-corrected chi connectivity index (χ0v) is 20.1. The Morgan fingerprint density at radius 2 is 1.67 bits per heavy atom. The molecular formula is C24H33F2N5O5. The van der Waals surface area contributed by atoms with Crippen molar-refractivity contribution in [2.45, 2.75) is 57.5 Å². The van der Waals surface area contributed by atoms with E-state index in [1.54, 1.807) is 0 Å². The van der Waals surface area contributed by atoms with Gasteiger partial charge in [0.1, 0.15) is 6.04 Å². The standard InChI is InChI=1S/C24H33F2N5O5/c1-14(30-21(33)9-6-15-5-8-17(25)18(26)12-15)20(32)13-16(23(28)35)7-10-22(34)31-19(24(29)36)4-2-3-11-27/h5-6,8-9,12,14,16,19H,2-4,7,10-11,13,27H2,1H3,(H2,28,35)(H2,29,36)(H,30,33)(H,31,34)/b9-6+/t14?,16-,19?/m1/s1. The predicted octanol–water partition coefficient (Wildman–Crippen LogP) is 0.423. The van der Waals surface area contributed by atoms with Gasteiger partial charge >= 0.3 is 0 Å². The zero-order valence-electron chi connectivity index (χ0n) is 20.1. The monoisotopic (exact) mass is 509 g/mol. The number of hydrogen-bond donors (Lipinski definition) is 5. The van der Waals surface area contributed by atoms with Gasteiger partial charge in [-0.05, 0) is 62.9 Å². The zero-order chi connectivity index (χ0) is 27.3. The maximum atomic E-state index is 13.2. The van der Waals surface area contributed by atoms with Gasteiger partial charge in [-0.25, -0.2) is 8.78 Å². The predicted molar refractivity (Wildman–Crippen MR) is 129 cm³/mol. The number of amides is 4. The van der Waals surface area contributed by atoms with Gasteiger partial charge < -0.3 is 27.8 Å². The molecule has 4 amide bonds. The molecule has 0 aliphatic heterocycles. The van der Waals surface area contributed by atoms with Crippen LogP contribution < -0.4 is 27.8 Å². The fourth-order valence-corrected chi connectivity index (χ4v) is 3.24. The van der Waals surface area contributed by atoms with E-state index >= 15 is 0 Å². The minimum absolute atomic E-state index is 0.0438. The Hall–Kier alpha value is -3.67. The first kappa shape index (κ1) is 30.4. The molecule has 0 fully saturated rings. The van der Waals surface area contributed by atoms with Crippen molar-refractivity contribution in [3.05, 3.63) is 41.5 Å². The van der Waals surface area contributed by atoms with Crippen molar-refractivity contribution in [1.29, 1.82) is 0 Å². The van der Waals surface area contributed by atoms with E-state index in [1.165, 1.54) is 19.1 Å². The third-order valence-corrected chi connectivity index (χ3v) is 5.41. The lowest BCUT2D eigenvalue weighted by molar-refractivity contribution is -0.130. The molecular weight excluding hydrogens is 476 g/mol. The number of benzene rings is 1. The number of ketones is 1. The smallest absolute Gasteiger partial charge is 0.244 e. The van der Waals surface area contributed by atoms with Crippen LogP contribution in [0.3, 0.4) is 0 Å². The van der Waals surface area contributed by atoms with E-state index in [0.29, 0.717) is 25.8 Å². The number of halogens is 2. The first-order valence-electron chi connectivity index (χ1n) is 11.5. The maximum absolute atomic E-state index is 13.2. The summed E-state index contributed by atoms with van der Waals surface area (Å²) in [5, 5.41) is 4.92. The Morgan fingerprint density at radius 1 is 0.972 bits per heavy atom. The Morgan fingerprint density at radius 3 is 2.25 bits per heavy atom. The summed E-state index contributed by atoms with van der Waals surface area (Å²) < 4.78 is 26.2. The summed E-state index contributed by atoms with van der Waals surface area (Å²) >= 11 is 0. The van der Waals surface area contributed by atoms with E-state index in [4.69, 9.17) is 17.2 Å². The van der Waals surface area contributed by atoms with Gasteiger partial charge in [0.15, 0.2) is 17.4 Å². The second-order valence-electron chi connectivity index (χ2n) is 8.35. The molecule has 2 unspecified atom stereocenters. The van der Waals surface area contributed by atoms with Gasteiger partial charge in [0.05, 0.1) is 6.04 Å². The Labute approximate surface area is 208 Å². The van der Waals surface area contributed by atoms with Crippen LogP contribution in [0.1, 0.15) is 51.0 Å². The molecule has 12 heteroatoms. The van der Waals surface area contributed by atoms with E-state index in [-0.39, 0.29) is 24.8 Å². The Kier molecular flexibility index (Phi) is 12.9. The van der Waals surface area contributed by atoms with Crippen LogP contribution in [0.25, 0.3) is 6.08 Å². The maximum Gasteiger partial charge on any atom is 0.244 e. The van der Waals surface area contributed by atoms with Gasteiger partial charge in [-0.15, -0.1) is 0 Å². The van der Waals surface area contributed by atoms with Crippen LogP contribution in [0, 0.1) is 17.6 Å². The summed E-state index contributed by atoms with van der Waals surface area (Å²) in [5.74, 6) is -6.21. The van der Waals surface area contributed by atoms with Crippen molar-refractivity contribution in [3.63, 3.8) is 0 Å². The van der Waals surface area contributed by atoms with Crippen molar-refractivity contribution < 1.29 is 32.8 Å². The normalized spacial score (nSPS) is 13.6. The Balaban J connectivity index is 2.59. The SMILES string of the molecule is CC(NC(=O)/C=C/c1ccc(F)c(F)c1)C(=O)C[C@@H](CCC(=O)NC(CCCCN)C(N)=O)C(N)=O. The topological polar surface area (TPSA) is 187 Å². The molecule has 36 heavy (non-hydrogen) atoms. The second-order valence-corrected chi connectivity index (χ2v) is 8.35. The summed E-state index contributed by atoms with van der Waals surface area (Å²) in [7, 11) is 0. The minimum atomic E-state index is -1.07. The van der Waals surface area contributed by atoms with Crippen LogP contribution >= 0.6 is 0 Å². The third kappa shape index (κ3) is 11.2. The number of primary amides is 2. The fourth-order valence-electron chi connectivity index (χ4n) is 3.24. The van der Waals surface area contributed by atoms with E-state index in [9.17, 15) is 32.8 Å². The minimum Gasteiger partial charge on any atom is -0.369 e. The molecule has 1 aromatic carbocycles. The summed E-state index contributed by atoms with van der Waals surface area (Å²) in [4.78, 5) is 60.1. The van der Waals surface area contributed by atoms with E-state index in [0.717, 1.165) is 18.2 Å². The third-order valence-electron chi connectivity index (χ3n) is 5.41. The van der Waals surface area contributed by atoms with Crippen LogP contribution in [0.4, 0.5) is 8.78 Å². The van der Waals surface area contributed by atoms with Crippen molar-refractivity contribution in [2.75, 3.05) is 6.54 Å². The van der Waals surface area contributed by atoms with E-state index < -0.39 is 59.0 Å². The lowest BCUT2D eigenvalue weighted by atomic mass is 9.93. The number of unbranched alkanes of at least 4 members (excludes halogenated alkanes) is 1. The molecule has 10 nitrogen and oxygen atoms in total. The van der Waals surface area contributed by atoms with Crippen molar-refractivity contribution in [3.8, 4) is 0 Å². The molecule has 0 bridgehead atoms. The lowest BCUT2D eigenvalue weighted by Gasteiger charge is -2.18. The number of rotatable bonds is 16. The molecule has 3 atom stereocenters. The molecule has 0 saturated carbocycles. The fraction of sp³-hybridized carbons (Fsp3) is 0.458. The second kappa shape index (κ2) is 15.4. The molecule has 0 radical (unpaired) electrons. The number of Topliss-reactive ketones (excluding diaryl/α,β-unsaturated/α-hetero) is 1. The van der Waals surface area contributed by atoms with Crippen molar-refractivity contribution >= 4 is 35.5 Å². The summed E-state index contributed by atoms with van der Waals surface area (Å²) in [5.41, 5.74) is 16.3. The van der Waals surface area contributed by atoms with Gasteiger partial charge in [0, 0.05) is 24.8 Å². The van der Waals surface area contributed by atoms with Crippen molar-refractivity contribution in [2.24, 2.45) is 23.1 Å². The number of carbonyl (C=O) groups excluding carboxylic acids is 5. The van der Waals surface area contributed by atoms with Gasteiger partial charge in [0.25, 0.3) is 0 Å². The average Bonchev–Trinajstić information content (AvgIpc) is 2.81. The summed E-state index contributed by atoms with van der Waals surface area (Å²) in [6.07, 6.45) is 3.37. The largest absolute Gasteiger partial charge is 0.369 e. The summed E-state index contributed by atoms with van der Waals surface area (Å²) in [6, 6.07) is 1.25. The quantitative estimate of drug-likeness (QED) is 0.159. The van der Waals surface area contributed by atoms with Crippen LogP contribution in [0.2, 0.25) is 0 Å². The number of nitrogens with two attached hydrogens (primary N) is 3. The molecule has 0 aliphatic rings. The van der Waals surface area contributed by atoms with Gasteiger partial charge in [0.2, 0.25) is 23.6 Å². The van der Waals surface area contributed by atoms with Crippen LogP contribution in [-0.4, -0.2) is 48.0 Å². The van der Waals surface area contributed by atoms with E-state index in [1.807, 2.05) is 0 Å². The van der Waals surface area contributed by atoms with Gasteiger partial charge in [-0.2, -0.15) is 0 Å². The molecule has 0 heterocycles. The molecule has 0 aromatic heterocycles.